The summed E-state index contributed by atoms with van der Waals surface area (Å²) in [6.45, 7) is 6.91. The van der Waals surface area contributed by atoms with Gasteiger partial charge in [-0.25, -0.2) is 0 Å². The molecule has 15 heavy (non-hydrogen) atoms. The van der Waals surface area contributed by atoms with Gasteiger partial charge < -0.3 is 9.32 Å². The molecule has 0 atom stereocenters. The fourth-order valence-corrected chi connectivity index (χ4v) is 1.37. The first-order valence-corrected chi connectivity index (χ1v) is 5.32. The molecule has 0 unspecified atom stereocenters. The van der Waals surface area contributed by atoms with Crippen LogP contribution in [0.3, 0.4) is 0 Å². The molecule has 0 aromatic carbocycles. The van der Waals surface area contributed by atoms with E-state index in [2.05, 4.69) is 13.8 Å². The molecule has 0 bridgehead atoms. The molecule has 1 rings (SSSR count). The zero-order chi connectivity index (χ0) is 11.4. The summed E-state index contributed by atoms with van der Waals surface area (Å²) in [5.41, 5.74) is 0.668. The fraction of sp³-hybridized carbons (Fsp3) is 0.583. The molecule has 0 saturated heterocycles. The molecule has 3 heteroatoms. The van der Waals surface area contributed by atoms with Gasteiger partial charge in [-0.2, -0.15) is 0 Å². The molecule has 0 spiro atoms. The number of carbonyl (C=O) groups excluding carboxylic acids is 1. The molecule has 0 radical (unpaired) electrons. The average Bonchev–Trinajstić information content (AvgIpc) is 2.59. The Morgan fingerprint density at radius 2 is 2.20 bits per heavy atom. The van der Waals surface area contributed by atoms with Gasteiger partial charge in [-0.15, -0.1) is 0 Å². The van der Waals surface area contributed by atoms with Crippen molar-refractivity contribution in [2.45, 2.75) is 27.2 Å². The summed E-state index contributed by atoms with van der Waals surface area (Å²) in [6.07, 6.45) is 2.58. The Labute approximate surface area is 91.1 Å². The lowest BCUT2D eigenvalue weighted by molar-refractivity contribution is 0.0787. The second kappa shape index (κ2) is 5.01. The zero-order valence-corrected chi connectivity index (χ0v) is 9.91. The van der Waals surface area contributed by atoms with Crippen LogP contribution < -0.4 is 0 Å². The molecule has 0 aliphatic heterocycles. The number of amides is 1. The maximum atomic E-state index is 11.9. The van der Waals surface area contributed by atoms with Gasteiger partial charge in [0.1, 0.15) is 5.76 Å². The summed E-state index contributed by atoms with van der Waals surface area (Å²) in [6, 6.07) is 1.73. The lowest BCUT2D eigenvalue weighted by Crippen LogP contribution is -2.28. The van der Waals surface area contributed by atoms with Gasteiger partial charge in [0, 0.05) is 13.6 Å². The molecule has 84 valence electrons. The highest BCUT2D eigenvalue weighted by Crippen LogP contribution is 2.12. The minimum Gasteiger partial charge on any atom is -0.469 e. The smallest absolute Gasteiger partial charge is 0.257 e. The van der Waals surface area contributed by atoms with Crippen molar-refractivity contribution < 1.29 is 9.21 Å². The van der Waals surface area contributed by atoms with Crippen LogP contribution in [0.25, 0.3) is 0 Å². The average molecular weight is 209 g/mol. The first-order valence-electron chi connectivity index (χ1n) is 5.32. The molecular formula is C12H19NO2. The molecule has 0 saturated carbocycles. The van der Waals surface area contributed by atoms with Crippen molar-refractivity contribution in [1.82, 2.24) is 4.90 Å². The molecule has 1 heterocycles. The summed E-state index contributed by atoms with van der Waals surface area (Å²) >= 11 is 0. The van der Waals surface area contributed by atoms with E-state index in [9.17, 15) is 4.79 Å². The maximum Gasteiger partial charge on any atom is 0.257 e. The first kappa shape index (κ1) is 11.8. The normalized spacial score (nSPS) is 10.7. The lowest BCUT2D eigenvalue weighted by Gasteiger charge is -2.17. The molecule has 1 aromatic heterocycles. The molecular weight excluding hydrogens is 190 g/mol. The Morgan fingerprint density at radius 1 is 1.53 bits per heavy atom. The summed E-state index contributed by atoms with van der Waals surface area (Å²) in [7, 11) is 1.83. The van der Waals surface area contributed by atoms with Crippen molar-refractivity contribution in [2.75, 3.05) is 13.6 Å². The van der Waals surface area contributed by atoms with E-state index >= 15 is 0 Å². The van der Waals surface area contributed by atoms with E-state index in [1.54, 1.807) is 17.2 Å². The van der Waals surface area contributed by atoms with E-state index in [1.807, 2.05) is 14.0 Å². The second-order valence-electron chi connectivity index (χ2n) is 4.30. The van der Waals surface area contributed by atoms with Gasteiger partial charge in [0.25, 0.3) is 5.91 Å². The van der Waals surface area contributed by atoms with Gasteiger partial charge in [-0.3, -0.25) is 4.79 Å². The van der Waals surface area contributed by atoms with Crippen LogP contribution in [-0.4, -0.2) is 24.4 Å². The highest BCUT2D eigenvalue weighted by atomic mass is 16.3. The summed E-state index contributed by atoms with van der Waals surface area (Å²) in [4.78, 5) is 13.7. The van der Waals surface area contributed by atoms with E-state index in [4.69, 9.17) is 4.42 Å². The van der Waals surface area contributed by atoms with Crippen molar-refractivity contribution in [1.29, 1.82) is 0 Å². The fourth-order valence-electron chi connectivity index (χ4n) is 1.37. The summed E-state index contributed by atoms with van der Waals surface area (Å²) in [5.74, 6) is 1.35. The van der Waals surface area contributed by atoms with Crippen LogP contribution in [0.5, 0.6) is 0 Å². The lowest BCUT2D eigenvalue weighted by atomic mass is 10.1. The maximum absolute atomic E-state index is 11.9. The van der Waals surface area contributed by atoms with Crippen LogP contribution >= 0.6 is 0 Å². The summed E-state index contributed by atoms with van der Waals surface area (Å²) in [5, 5.41) is 0. The Balaban J connectivity index is 2.57. The number of aryl methyl sites for hydroxylation is 1. The minimum atomic E-state index is 0.0434. The number of rotatable bonds is 4. The van der Waals surface area contributed by atoms with Gasteiger partial charge in [0.15, 0.2) is 0 Å². The number of hydrogen-bond acceptors (Lipinski definition) is 2. The second-order valence-corrected chi connectivity index (χ2v) is 4.30. The zero-order valence-electron chi connectivity index (χ0n) is 9.91. The standard InChI is InChI=1S/C12H19NO2/c1-9(2)5-7-13(4)12(14)11-6-8-15-10(11)3/h6,8-9H,5,7H2,1-4H3. The van der Waals surface area contributed by atoms with Crippen molar-refractivity contribution in [3.05, 3.63) is 23.7 Å². The van der Waals surface area contributed by atoms with Crippen LogP contribution in [0.1, 0.15) is 36.4 Å². The first-order chi connectivity index (χ1) is 7.02. The highest BCUT2D eigenvalue weighted by molar-refractivity contribution is 5.94. The van der Waals surface area contributed by atoms with Gasteiger partial charge in [0.2, 0.25) is 0 Å². The summed E-state index contributed by atoms with van der Waals surface area (Å²) < 4.78 is 5.11. The monoisotopic (exact) mass is 209 g/mol. The Bertz CT molecular complexity index is 328. The number of nitrogens with zero attached hydrogens (tertiary/aromatic N) is 1. The van der Waals surface area contributed by atoms with Crippen LogP contribution in [0.15, 0.2) is 16.7 Å². The molecule has 0 N–H and O–H groups in total. The van der Waals surface area contributed by atoms with Crippen LogP contribution in [0.4, 0.5) is 0 Å². The van der Waals surface area contributed by atoms with Crippen LogP contribution in [-0.2, 0) is 0 Å². The number of furan rings is 1. The van der Waals surface area contributed by atoms with Gasteiger partial charge >= 0.3 is 0 Å². The Morgan fingerprint density at radius 3 is 2.67 bits per heavy atom. The molecule has 0 aliphatic rings. The molecule has 3 nitrogen and oxygen atoms in total. The van der Waals surface area contributed by atoms with E-state index in [1.165, 1.54) is 0 Å². The predicted molar refractivity (Wildman–Crippen MR) is 59.9 cm³/mol. The molecule has 1 amide bonds. The quantitative estimate of drug-likeness (QED) is 0.764. The topological polar surface area (TPSA) is 33.5 Å². The molecule has 0 aliphatic carbocycles. The predicted octanol–water partition coefficient (Wildman–Crippen LogP) is 2.71. The van der Waals surface area contributed by atoms with E-state index < -0.39 is 0 Å². The van der Waals surface area contributed by atoms with Crippen molar-refractivity contribution >= 4 is 5.91 Å². The third-order valence-corrected chi connectivity index (χ3v) is 2.48. The largest absolute Gasteiger partial charge is 0.469 e. The van der Waals surface area contributed by atoms with Crippen molar-refractivity contribution in [3.8, 4) is 0 Å². The Hall–Kier alpha value is -1.25. The van der Waals surface area contributed by atoms with Gasteiger partial charge in [-0.05, 0) is 25.3 Å². The van der Waals surface area contributed by atoms with Crippen molar-refractivity contribution in [3.63, 3.8) is 0 Å². The van der Waals surface area contributed by atoms with E-state index in [0.29, 0.717) is 17.2 Å². The Kier molecular flexibility index (Phi) is 3.95. The van der Waals surface area contributed by atoms with E-state index in [0.717, 1.165) is 13.0 Å². The highest BCUT2D eigenvalue weighted by Gasteiger charge is 2.15. The number of carbonyl (C=O) groups is 1. The van der Waals surface area contributed by atoms with Crippen LogP contribution in [0.2, 0.25) is 0 Å². The molecule has 0 fully saturated rings. The van der Waals surface area contributed by atoms with Gasteiger partial charge in [-0.1, -0.05) is 13.8 Å². The van der Waals surface area contributed by atoms with Gasteiger partial charge in [0.05, 0.1) is 11.8 Å². The third kappa shape index (κ3) is 3.11. The minimum absolute atomic E-state index is 0.0434. The van der Waals surface area contributed by atoms with E-state index in [-0.39, 0.29) is 5.91 Å². The SMILES string of the molecule is Cc1occc1C(=O)N(C)CCC(C)C. The number of hydrogen-bond donors (Lipinski definition) is 0. The molecule has 1 aromatic rings. The van der Waals surface area contributed by atoms with Crippen LogP contribution in [0, 0.1) is 12.8 Å². The third-order valence-electron chi connectivity index (χ3n) is 2.48. The van der Waals surface area contributed by atoms with Crippen molar-refractivity contribution in [2.24, 2.45) is 5.92 Å².